The summed E-state index contributed by atoms with van der Waals surface area (Å²) in [5.74, 6) is 0.914. The highest BCUT2D eigenvalue weighted by Gasteiger charge is 2.56. The van der Waals surface area contributed by atoms with E-state index in [1.807, 2.05) is 12.3 Å². The van der Waals surface area contributed by atoms with Gasteiger partial charge in [0.25, 0.3) is 0 Å². The SMILES string of the molecule is CCOC1CC(Nc2ncnc3[nH]ccc23)C12CCOCC2. The zero-order valence-corrected chi connectivity index (χ0v) is 12.8. The van der Waals surface area contributed by atoms with Crippen LogP contribution in [-0.2, 0) is 9.47 Å². The van der Waals surface area contributed by atoms with E-state index in [0.29, 0.717) is 12.1 Å². The Labute approximate surface area is 129 Å². The van der Waals surface area contributed by atoms with Crippen molar-refractivity contribution in [3.8, 4) is 0 Å². The summed E-state index contributed by atoms with van der Waals surface area (Å²) in [6, 6.07) is 2.41. The minimum absolute atomic E-state index is 0.182. The number of rotatable bonds is 4. The van der Waals surface area contributed by atoms with Crippen molar-refractivity contribution in [2.75, 3.05) is 25.1 Å². The summed E-state index contributed by atoms with van der Waals surface area (Å²) in [6.45, 7) is 4.49. The molecule has 2 N–H and O–H groups in total. The minimum atomic E-state index is 0.182. The van der Waals surface area contributed by atoms with Crippen LogP contribution < -0.4 is 5.32 Å². The minimum Gasteiger partial charge on any atom is -0.381 e. The lowest BCUT2D eigenvalue weighted by molar-refractivity contribution is -0.159. The van der Waals surface area contributed by atoms with E-state index in [4.69, 9.17) is 9.47 Å². The number of aromatic amines is 1. The van der Waals surface area contributed by atoms with Gasteiger partial charge >= 0.3 is 0 Å². The van der Waals surface area contributed by atoms with Gasteiger partial charge in [0.1, 0.15) is 17.8 Å². The number of ether oxygens (including phenoxy) is 2. The standard InChI is InChI=1S/C16H22N4O2/c1-2-22-13-9-12(16(13)4-7-21-8-5-16)20-15-11-3-6-17-14(11)18-10-19-15/h3,6,10,12-13H,2,4-5,7-9H2,1H3,(H2,17,18,19,20). The van der Waals surface area contributed by atoms with Crippen molar-refractivity contribution < 1.29 is 9.47 Å². The summed E-state index contributed by atoms with van der Waals surface area (Å²) in [5.41, 5.74) is 1.06. The predicted molar refractivity (Wildman–Crippen MR) is 83.8 cm³/mol. The molecular formula is C16H22N4O2. The zero-order valence-electron chi connectivity index (χ0n) is 12.8. The quantitative estimate of drug-likeness (QED) is 0.907. The molecule has 2 fully saturated rings. The molecule has 4 rings (SSSR count). The maximum Gasteiger partial charge on any atom is 0.142 e. The number of hydrogen-bond donors (Lipinski definition) is 2. The summed E-state index contributed by atoms with van der Waals surface area (Å²) in [4.78, 5) is 11.8. The highest BCUT2D eigenvalue weighted by Crippen LogP contribution is 2.51. The Balaban J connectivity index is 1.58. The molecule has 1 aliphatic heterocycles. The Hall–Kier alpha value is -1.66. The molecule has 0 amide bonds. The molecule has 0 aromatic carbocycles. The molecule has 1 saturated carbocycles. The summed E-state index contributed by atoms with van der Waals surface area (Å²) in [7, 11) is 0. The molecule has 3 heterocycles. The Morgan fingerprint density at radius 2 is 2.27 bits per heavy atom. The van der Waals surface area contributed by atoms with E-state index in [0.717, 1.165) is 55.9 Å². The van der Waals surface area contributed by atoms with Crippen molar-refractivity contribution in [1.82, 2.24) is 15.0 Å². The van der Waals surface area contributed by atoms with Crippen molar-refractivity contribution in [3.63, 3.8) is 0 Å². The normalized spacial score (nSPS) is 27.0. The van der Waals surface area contributed by atoms with E-state index in [-0.39, 0.29) is 5.41 Å². The third-order valence-corrected chi connectivity index (χ3v) is 5.24. The van der Waals surface area contributed by atoms with Crippen LogP contribution >= 0.6 is 0 Å². The second-order valence-corrected chi connectivity index (χ2v) is 6.18. The molecule has 2 aromatic heterocycles. The zero-order chi connectivity index (χ0) is 15.0. The van der Waals surface area contributed by atoms with Gasteiger partial charge < -0.3 is 19.8 Å². The van der Waals surface area contributed by atoms with Crippen LogP contribution in [-0.4, -0.2) is 46.9 Å². The smallest absolute Gasteiger partial charge is 0.142 e. The lowest BCUT2D eigenvalue weighted by Gasteiger charge is -2.57. The van der Waals surface area contributed by atoms with Gasteiger partial charge in [-0.05, 0) is 32.3 Å². The van der Waals surface area contributed by atoms with Crippen LogP contribution in [0.3, 0.4) is 0 Å². The van der Waals surface area contributed by atoms with Gasteiger partial charge in [-0.15, -0.1) is 0 Å². The molecule has 2 aliphatic rings. The predicted octanol–water partition coefficient (Wildman–Crippen LogP) is 2.34. The molecule has 22 heavy (non-hydrogen) atoms. The summed E-state index contributed by atoms with van der Waals surface area (Å²) in [5, 5.41) is 4.70. The van der Waals surface area contributed by atoms with Crippen molar-refractivity contribution in [1.29, 1.82) is 0 Å². The topological polar surface area (TPSA) is 72.1 Å². The van der Waals surface area contributed by atoms with Crippen molar-refractivity contribution in [2.24, 2.45) is 5.41 Å². The molecular weight excluding hydrogens is 280 g/mol. The van der Waals surface area contributed by atoms with Gasteiger partial charge in [-0.25, -0.2) is 9.97 Å². The summed E-state index contributed by atoms with van der Waals surface area (Å²) in [6.07, 6.45) is 6.98. The van der Waals surface area contributed by atoms with Gasteiger partial charge in [0.05, 0.1) is 11.5 Å². The van der Waals surface area contributed by atoms with Crippen LogP contribution in [0.5, 0.6) is 0 Å². The van der Waals surface area contributed by atoms with Gasteiger partial charge in [-0.1, -0.05) is 0 Å². The molecule has 2 atom stereocenters. The van der Waals surface area contributed by atoms with E-state index >= 15 is 0 Å². The number of anilines is 1. The second-order valence-electron chi connectivity index (χ2n) is 6.18. The van der Waals surface area contributed by atoms with Gasteiger partial charge in [0, 0.05) is 37.5 Å². The van der Waals surface area contributed by atoms with Crippen LogP contribution in [0.15, 0.2) is 18.6 Å². The highest BCUT2D eigenvalue weighted by molar-refractivity contribution is 5.86. The van der Waals surface area contributed by atoms with E-state index in [2.05, 4.69) is 27.2 Å². The molecule has 2 unspecified atom stereocenters. The van der Waals surface area contributed by atoms with Crippen LogP contribution in [0, 0.1) is 5.41 Å². The fraction of sp³-hybridized carbons (Fsp3) is 0.625. The average molecular weight is 302 g/mol. The Morgan fingerprint density at radius 1 is 1.41 bits per heavy atom. The third-order valence-electron chi connectivity index (χ3n) is 5.24. The molecule has 1 aliphatic carbocycles. The number of hydrogen-bond acceptors (Lipinski definition) is 5. The molecule has 1 spiro atoms. The first kappa shape index (κ1) is 14.0. The molecule has 118 valence electrons. The summed E-state index contributed by atoms with van der Waals surface area (Å²) >= 11 is 0. The molecule has 2 aromatic rings. The monoisotopic (exact) mass is 302 g/mol. The van der Waals surface area contributed by atoms with Crippen LogP contribution in [0.1, 0.15) is 26.2 Å². The maximum absolute atomic E-state index is 5.98. The fourth-order valence-corrected chi connectivity index (χ4v) is 3.96. The van der Waals surface area contributed by atoms with Crippen molar-refractivity contribution >= 4 is 16.9 Å². The van der Waals surface area contributed by atoms with Crippen LogP contribution in [0.4, 0.5) is 5.82 Å². The first-order valence-corrected chi connectivity index (χ1v) is 8.07. The van der Waals surface area contributed by atoms with E-state index in [1.54, 1.807) is 6.33 Å². The van der Waals surface area contributed by atoms with Gasteiger partial charge in [-0.2, -0.15) is 0 Å². The van der Waals surface area contributed by atoms with Crippen molar-refractivity contribution in [2.45, 2.75) is 38.3 Å². The average Bonchev–Trinajstić information content (AvgIpc) is 3.04. The third kappa shape index (κ3) is 2.09. The number of aromatic nitrogens is 3. The Bertz CT molecular complexity index is 650. The first-order chi connectivity index (χ1) is 10.8. The lowest BCUT2D eigenvalue weighted by Crippen LogP contribution is -2.63. The molecule has 6 heteroatoms. The van der Waals surface area contributed by atoms with E-state index in [9.17, 15) is 0 Å². The molecule has 1 saturated heterocycles. The highest BCUT2D eigenvalue weighted by atomic mass is 16.5. The fourth-order valence-electron chi connectivity index (χ4n) is 3.96. The number of fused-ring (bicyclic) bond motifs is 1. The summed E-state index contributed by atoms with van der Waals surface area (Å²) < 4.78 is 11.5. The largest absolute Gasteiger partial charge is 0.381 e. The lowest BCUT2D eigenvalue weighted by atomic mass is 9.57. The van der Waals surface area contributed by atoms with Gasteiger partial charge in [0.2, 0.25) is 0 Å². The number of nitrogens with zero attached hydrogens (tertiary/aromatic N) is 2. The maximum atomic E-state index is 5.98. The van der Waals surface area contributed by atoms with Gasteiger partial charge in [0.15, 0.2) is 0 Å². The van der Waals surface area contributed by atoms with E-state index in [1.165, 1.54) is 0 Å². The van der Waals surface area contributed by atoms with Crippen LogP contribution in [0.25, 0.3) is 11.0 Å². The Kier molecular flexibility index (Phi) is 3.50. The van der Waals surface area contributed by atoms with E-state index < -0.39 is 0 Å². The second kappa shape index (κ2) is 5.52. The molecule has 0 bridgehead atoms. The molecule has 0 radical (unpaired) electrons. The van der Waals surface area contributed by atoms with Crippen molar-refractivity contribution in [3.05, 3.63) is 18.6 Å². The number of H-pyrrole nitrogens is 1. The number of nitrogens with one attached hydrogen (secondary N) is 2. The molecule has 6 nitrogen and oxygen atoms in total. The van der Waals surface area contributed by atoms with Gasteiger partial charge in [-0.3, -0.25) is 0 Å². The van der Waals surface area contributed by atoms with Crippen LogP contribution in [0.2, 0.25) is 0 Å². The Morgan fingerprint density at radius 3 is 3.09 bits per heavy atom. The first-order valence-electron chi connectivity index (χ1n) is 8.07.